The molecule has 1 saturated carbocycles. The van der Waals surface area contributed by atoms with Gasteiger partial charge in [0.05, 0.1) is 6.04 Å². The lowest BCUT2D eigenvalue weighted by molar-refractivity contribution is -0.125. The number of hydrogen-bond donors (Lipinski definition) is 1. The van der Waals surface area contributed by atoms with E-state index in [2.05, 4.69) is 17.4 Å². The number of amides is 1. The Morgan fingerprint density at radius 2 is 1.91 bits per heavy atom. The van der Waals surface area contributed by atoms with Gasteiger partial charge in [-0.1, -0.05) is 69.4 Å². The van der Waals surface area contributed by atoms with Gasteiger partial charge in [-0.15, -0.1) is 0 Å². The molecule has 1 aromatic rings. The van der Waals surface area contributed by atoms with E-state index in [0.717, 1.165) is 19.1 Å². The van der Waals surface area contributed by atoms with Crippen molar-refractivity contribution in [2.24, 2.45) is 11.8 Å². The molecular formula is C20H29NO2. The summed E-state index contributed by atoms with van der Waals surface area (Å²) in [7, 11) is 0. The highest BCUT2D eigenvalue weighted by Gasteiger charge is 2.20. The van der Waals surface area contributed by atoms with E-state index in [4.69, 9.17) is 0 Å². The Morgan fingerprint density at radius 3 is 2.57 bits per heavy atom. The predicted octanol–water partition coefficient (Wildman–Crippen LogP) is 3.91. The largest absolute Gasteiger partial charge is 0.346 e. The third-order valence-electron chi connectivity index (χ3n) is 4.99. The molecule has 1 fully saturated rings. The van der Waals surface area contributed by atoms with Crippen LogP contribution in [0.3, 0.4) is 0 Å². The monoisotopic (exact) mass is 315 g/mol. The lowest BCUT2D eigenvalue weighted by atomic mass is 9.86. The molecule has 126 valence electrons. The zero-order chi connectivity index (χ0) is 16.5. The summed E-state index contributed by atoms with van der Waals surface area (Å²) in [5.41, 5.74) is 1.20. The van der Waals surface area contributed by atoms with Crippen LogP contribution in [0.4, 0.5) is 0 Å². The number of nitrogens with one attached hydrogen (secondary N) is 1. The molecule has 0 heterocycles. The van der Waals surface area contributed by atoms with Gasteiger partial charge < -0.3 is 10.1 Å². The number of carbonyl (C=O) groups is 2. The molecule has 1 aliphatic carbocycles. The molecule has 0 saturated heterocycles. The van der Waals surface area contributed by atoms with Gasteiger partial charge in [-0.25, -0.2) is 0 Å². The molecule has 1 aromatic carbocycles. The van der Waals surface area contributed by atoms with E-state index in [1.54, 1.807) is 0 Å². The molecule has 0 unspecified atom stereocenters. The Morgan fingerprint density at radius 1 is 1.22 bits per heavy atom. The lowest BCUT2D eigenvalue weighted by Gasteiger charge is -2.23. The van der Waals surface area contributed by atoms with Crippen LogP contribution in [-0.2, 0) is 16.0 Å². The molecule has 2 atom stereocenters. The van der Waals surface area contributed by atoms with Crippen molar-refractivity contribution in [3.05, 3.63) is 35.9 Å². The number of benzene rings is 1. The van der Waals surface area contributed by atoms with Crippen LogP contribution in [0.15, 0.2) is 30.3 Å². The van der Waals surface area contributed by atoms with Gasteiger partial charge in [-0.2, -0.15) is 0 Å². The van der Waals surface area contributed by atoms with E-state index in [1.165, 1.54) is 37.7 Å². The van der Waals surface area contributed by atoms with Crippen molar-refractivity contribution >= 4 is 12.2 Å². The molecule has 2 rings (SSSR count). The highest BCUT2D eigenvalue weighted by Crippen LogP contribution is 2.27. The van der Waals surface area contributed by atoms with Crippen LogP contribution in [0.1, 0.15) is 57.4 Å². The van der Waals surface area contributed by atoms with Crippen LogP contribution in [-0.4, -0.2) is 18.2 Å². The van der Waals surface area contributed by atoms with Crippen molar-refractivity contribution in [1.29, 1.82) is 0 Å². The lowest BCUT2D eigenvalue weighted by Crippen LogP contribution is -2.41. The molecule has 1 aliphatic rings. The van der Waals surface area contributed by atoms with Crippen molar-refractivity contribution in [3.8, 4) is 0 Å². The minimum atomic E-state index is -0.394. The second-order valence-electron chi connectivity index (χ2n) is 6.94. The van der Waals surface area contributed by atoms with Crippen LogP contribution < -0.4 is 5.32 Å². The molecule has 3 nitrogen and oxygen atoms in total. The van der Waals surface area contributed by atoms with Crippen LogP contribution in [0.5, 0.6) is 0 Å². The van der Waals surface area contributed by atoms with E-state index in [9.17, 15) is 9.59 Å². The Bertz CT molecular complexity index is 480. The maximum Gasteiger partial charge on any atom is 0.220 e. The average Bonchev–Trinajstić information content (AvgIpc) is 2.59. The zero-order valence-corrected chi connectivity index (χ0v) is 14.2. The maximum absolute atomic E-state index is 12.1. The highest BCUT2D eigenvalue weighted by atomic mass is 16.2. The number of rotatable bonds is 8. The topological polar surface area (TPSA) is 46.2 Å². The van der Waals surface area contributed by atoms with E-state index in [-0.39, 0.29) is 11.8 Å². The van der Waals surface area contributed by atoms with Gasteiger partial charge in [0.2, 0.25) is 5.91 Å². The first-order valence-electron chi connectivity index (χ1n) is 8.97. The molecule has 0 aromatic heterocycles. The fourth-order valence-electron chi connectivity index (χ4n) is 3.49. The molecule has 3 heteroatoms. The molecular weight excluding hydrogens is 286 g/mol. The van der Waals surface area contributed by atoms with Gasteiger partial charge in [0.25, 0.3) is 0 Å². The molecule has 1 N–H and O–H groups in total. The number of carbonyl (C=O) groups excluding carboxylic acids is 2. The van der Waals surface area contributed by atoms with E-state index in [0.29, 0.717) is 12.3 Å². The van der Waals surface area contributed by atoms with Gasteiger partial charge in [0.1, 0.15) is 6.29 Å². The SMILES string of the molecule is C[C@H](Cc1ccccc1)[C@@H](C=O)NC(=O)CCC1CCCCC1. The van der Waals surface area contributed by atoms with Crippen molar-refractivity contribution in [3.63, 3.8) is 0 Å². The molecule has 1 amide bonds. The average molecular weight is 315 g/mol. The third kappa shape index (κ3) is 6.17. The molecule has 23 heavy (non-hydrogen) atoms. The summed E-state index contributed by atoms with van der Waals surface area (Å²) >= 11 is 0. The molecule has 0 bridgehead atoms. The van der Waals surface area contributed by atoms with Gasteiger partial charge in [0.15, 0.2) is 0 Å². The predicted molar refractivity (Wildman–Crippen MR) is 93.1 cm³/mol. The summed E-state index contributed by atoms with van der Waals surface area (Å²) in [5, 5.41) is 2.92. The van der Waals surface area contributed by atoms with E-state index < -0.39 is 6.04 Å². The molecule has 0 radical (unpaired) electrons. The smallest absolute Gasteiger partial charge is 0.220 e. The van der Waals surface area contributed by atoms with E-state index in [1.807, 2.05) is 25.1 Å². The normalized spacial score (nSPS) is 18.1. The fraction of sp³-hybridized carbons (Fsp3) is 0.600. The van der Waals surface area contributed by atoms with Crippen molar-refractivity contribution in [1.82, 2.24) is 5.32 Å². The summed E-state index contributed by atoms with van der Waals surface area (Å²) in [5.74, 6) is 0.826. The first kappa shape index (κ1) is 17.7. The van der Waals surface area contributed by atoms with E-state index >= 15 is 0 Å². The minimum Gasteiger partial charge on any atom is -0.346 e. The Kier molecular flexibility index (Phi) is 7.31. The van der Waals surface area contributed by atoms with Crippen molar-refractivity contribution in [2.45, 2.75) is 64.3 Å². The van der Waals surface area contributed by atoms with Crippen LogP contribution in [0.25, 0.3) is 0 Å². The second kappa shape index (κ2) is 9.49. The summed E-state index contributed by atoms with van der Waals surface area (Å²) in [6.45, 7) is 2.02. The van der Waals surface area contributed by atoms with Crippen LogP contribution in [0, 0.1) is 11.8 Å². The van der Waals surface area contributed by atoms with Gasteiger partial charge in [0, 0.05) is 6.42 Å². The first-order chi connectivity index (χ1) is 11.2. The summed E-state index contributed by atoms with van der Waals surface area (Å²) < 4.78 is 0. The van der Waals surface area contributed by atoms with Crippen molar-refractivity contribution < 1.29 is 9.59 Å². The van der Waals surface area contributed by atoms with Gasteiger partial charge >= 0.3 is 0 Å². The summed E-state index contributed by atoms with van der Waals surface area (Å²) in [6.07, 6.45) is 9.65. The van der Waals surface area contributed by atoms with Gasteiger partial charge in [-0.05, 0) is 30.2 Å². The maximum atomic E-state index is 12.1. The third-order valence-corrected chi connectivity index (χ3v) is 4.99. The molecule has 0 aliphatic heterocycles. The second-order valence-corrected chi connectivity index (χ2v) is 6.94. The zero-order valence-electron chi connectivity index (χ0n) is 14.2. The quantitative estimate of drug-likeness (QED) is 0.739. The minimum absolute atomic E-state index is 0.0209. The summed E-state index contributed by atoms with van der Waals surface area (Å²) in [6, 6.07) is 9.71. The first-order valence-corrected chi connectivity index (χ1v) is 8.97. The standard InChI is InChI=1S/C20H29NO2/c1-16(14-18-10-6-3-7-11-18)19(15-22)21-20(23)13-12-17-8-4-2-5-9-17/h3,6-7,10-11,15-17,19H,2,4-5,8-9,12-14H2,1H3,(H,21,23)/t16-,19-/m1/s1. The highest BCUT2D eigenvalue weighted by molar-refractivity contribution is 5.79. The Labute approximate surface area is 139 Å². The molecule has 0 spiro atoms. The summed E-state index contributed by atoms with van der Waals surface area (Å²) in [4.78, 5) is 23.5. The van der Waals surface area contributed by atoms with Crippen LogP contribution >= 0.6 is 0 Å². The Balaban J connectivity index is 1.76. The van der Waals surface area contributed by atoms with Gasteiger partial charge in [-0.3, -0.25) is 4.79 Å². The number of hydrogen-bond acceptors (Lipinski definition) is 2. The van der Waals surface area contributed by atoms with Crippen LogP contribution in [0.2, 0.25) is 0 Å². The number of aldehydes is 1. The van der Waals surface area contributed by atoms with Crippen molar-refractivity contribution in [2.75, 3.05) is 0 Å². The Hall–Kier alpha value is -1.64. The fourth-order valence-corrected chi connectivity index (χ4v) is 3.49.